The number of hydrogen-bond donors (Lipinski definition) is 0. The van der Waals surface area contributed by atoms with Crippen molar-refractivity contribution in [3.63, 3.8) is 0 Å². The van der Waals surface area contributed by atoms with E-state index in [-0.39, 0.29) is 0 Å². The van der Waals surface area contributed by atoms with Crippen LogP contribution in [0.4, 0.5) is 0 Å². The van der Waals surface area contributed by atoms with Crippen molar-refractivity contribution in [2.45, 2.75) is 200 Å². The average Bonchev–Trinajstić information content (AvgIpc) is 2.97. The van der Waals surface area contributed by atoms with Gasteiger partial charge in [0.15, 0.2) is 0 Å². The molecule has 0 aliphatic heterocycles. The lowest BCUT2D eigenvalue weighted by Gasteiger charge is -2.07. The summed E-state index contributed by atoms with van der Waals surface area (Å²) < 4.78 is 17.1. The van der Waals surface area contributed by atoms with Crippen LogP contribution in [-0.4, -0.2) is 39.6 Å². The zero-order valence-corrected chi connectivity index (χ0v) is 28.0. The zero-order chi connectivity index (χ0) is 28.9. The summed E-state index contributed by atoms with van der Waals surface area (Å²) in [7, 11) is 0. The topological polar surface area (TPSA) is 27.7 Å². The highest BCUT2D eigenvalue weighted by Crippen LogP contribution is 2.14. The Balaban J connectivity index is 3.01. The minimum Gasteiger partial charge on any atom is -0.379 e. The third kappa shape index (κ3) is 37.9. The predicted molar refractivity (Wildman–Crippen MR) is 178 cm³/mol. The van der Waals surface area contributed by atoms with Gasteiger partial charge in [0.25, 0.3) is 0 Å². The highest BCUT2D eigenvalue weighted by atomic mass is 16.5. The summed E-state index contributed by atoms with van der Waals surface area (Å²) in [6.45, 7) is 9.19. The summed E-state index contributed by atoms with van der Waals surface area (Å²) in [4.78, 5) is 0. The van der Waals surface area contributed by atoms with Gasteiger partial charge in [-0.05, 0) is 12.8 Å². The van der Waals surface area contributed by atoms with E-state index in [0.29, 0.717) is 13.2 Å². The third-order valence-corrected chi connectivity index (χ3v) is 8.28. The van der Waals surface area contributed by atoms with Gasteiger partial charge in [0.1, 0.15) is 0 Å². The normalized spacial score (nSPS) is 11.6. The van der Waals surface area contributed by atoms with Gasteiger partial charge in [-0.3, -0.25) is 0 Å². The van der Waals surface area contributed by atoms with Gasteiger partial charge < -0.3 is 14.2 Å². The van der Waals surface area contributed by atoms with Crippen molar-refractivity contribution < 1.29 is 14.2 Å². The lowest BCUT2D eigenvalue weighted by atomic mass is 10.0. The summed E-state index contributed by atoms with van der Waals surface area (Å²) in [5.74, 6) is 0. The maximum absolute atomic E-state index is 5.72. The Morgan fingerprint density at radius 1 is 0.200 bits per heavy atom. The fourth-order valence-corrected chi connectivity index (χ4v) is 5.52. The van der Waals surface area contributed by atoms with E-state index in [4.69, 9.17) is 14.2 Å². The van der Waals surface area contributed by atoms with Crippen LogP contribution in [0.5, 0.6) is 0 Å². The Hall–Kier alpha value is -0.120. The molecular formula is C37H76O3. The van der Waals surface area contributed by atoms with Gasteiger partial charge in [-0.2, -0.15) is 0 Å². The molecule has 0 rings (SSSR count). The maximum atomic E-state index is 5.72. The Morgan fingerprint density at radius 3 is 0.600 bits per heavy atom. The highest BCUT2D eigenvalue weighted by molar-refractivity contribution is 4.51. The van der Waals surface area contributed by atoms with Gasteiger partial charge >= 0.3 is 0 Å². The quantitative estimate of drug-likeness (QED) is 0.0697. The second-order valence-electron chi connectivity index (χ2n) is 12.4. The second kappa shape index (κ2) is 38.9. The van der Waals surface area contributed by atoms with Crippen molar-refractivity contribution in [2.24, 2.45) is 0 Å². The fourth-order valence-electron chi connectivity index (χ4n) is 5.52. The molecule has 0 aromatic heterocycles. The molecule has 0 heterocycles. The molecule has 0 aromatic carbocycles. The molecular weight excluding hydrogens is 492 g/mol. The Kier molecular flexibility index (Phi) is 38.8. The second-order valence-corrected chi connectivity index (χ2v) is 12.4. The highest BCUT2D eigenvalue weighted by Gasteiger charge is 1.97. The van der Waals surface area contributed by atoms with E-state index < -0.39 is 0 Å². The summed E-state index contributed by atoms with van der Waals surface area (Å²) in [6, 6.07) is 0. The fraction of sp³-hybridized carbons (Fsp3) is 1.00. The molecule has 0 aliphatic rings. The van der Waals surface area contributed by atoms with E-state index in [2.05, 4.69) is 13.8 Å². The molecule has 0 unspecified atom stereocenters. The summed E-state index contributed by atoms with van der Waals surface area (Å²) in [5.41, 5.74) is 0. The van der Waals surface area contributed by atoms with Crippen LogP contribution in [0.1, 0.15) is 200 Å². The zero-order valence-electron chi connectivity index (χ0n) is 28.0. The van der Waals surface area contributed by atoms with Crippen LogP contribution in [0.3, 0.4) is 0 Å². The van der Waals surface area contributed by atoms with Crippen molar-refractivity contribution >= 4 is 0 Å². The number of unbranched alkanes of at least 4 members (excludes halogenated alkanes) is 27. The molecule has 0 bridgehead atoms. The van der Waals surface area contributed by atoms with Crippen LogP contribution in [0.15, 0.2) is 0 Å². The molecule has 3 heteroatoms. The number of ether oxygens (including phenoxy) is 3. The van der Waals surface area contributed by atoms with Gasteiger partial charge in [-0.15, -0.1) is 0 Å². The molecule has 40 heavy (non-hydrogen) atoms. The first kappa shape index (κ1) is 39.9. The number of hydrogen-bond acceptors (Lipinski definition) is 3. The first-order chi connectivity index (χ1) is 19.9. The van der Waals surface area contributed by atoms with Crippen molar-refractivity contribution in [3.05, 3.63) is 0 Å². The van der Waals surface area contributed by atoms with Crippen molar-refractivity contribution in [1.82, 2.24) is 0 Å². The van der Waals surface area contributed by atoms with E-state index in [0.717, 1.165) is 26.4 Å². The number of rotatable bonds is 37. The van der Waals surface area contributed by atoms with Gasteiger partial charge in [0, 0.05) is 13.2 Å². The Morgan fingerprint density at radius 2 is 0.375 bits per heavy atom. The first-order valence-corrected chi connectivity index (χ1v) is 18.6. The first-order valence-electron chi connectivity index (χ1n) is 18.6. The van der Waals surface area contributed by atoms with E-state index >= 15 is 0 Å². The van der Waals surface area contributed by atoms with Crippen LogP contribution in [-0.2, 0) is 14.2 Å². The summed E-state index contributed by atoms with van der Waals surface area (Å²) >= 11 is 0. The van der Waals surface area contributed by atoms with Gasteiger partial charge in [-0.25, -0.2) is 0 Å². The molecule has 0 N–H and O–H groups in total. The van der Waals surface area contributed by atoms with Crippen molar-refractivity contribution in [3.8, 4) is 0 Å². The average molecular weight is 569 g/mol. The van der Waals surface area contributed by atoms with Crippen molar-refractivity contribution in [2.75, 3.05) is 39.6 Å². The van der Waals surface area contributed by atoms with E-state index in [9.17, 15) is 0 Å². The molecule has 0 saturated carbocycles. The van der Waals surface area contributed by atoms with Crippen molar-refractivity contribution in [1.29, 1.82) is 0 Å². The van der Waals surface area contributed by atoms with Crippen LogP contribution in [0, 0.1) is 0 Å². The van der Waals surface area contributed by atoms with Crippen LogP contribution >= 0.6 is 0 Å². The maximum Gasteiger partial charge on any atom is 0.0701 e. The Bertz CT molecular complexity index is 376. The standard InChI is InChI=1S/C37H76O3/c1-3-5-7-9-11-13-15-17-18-19-21-23-25-27-29-31-33-39-35-37-40-36-34-38-32-30-28-26-24-22-20-16-14-12-10-8-6-4-2/h3-37H2,1-2H3. The third-order valence-electron chi connectivity index (χ3n) is 8.28. The molecule has 0 spiro atoms. The largest absolute Gasteiger partial charge is 0.379 e. The van der Waals surface area contributed by atoms with Crippen LogP contribution < -0.4 is 0 Å². The van der Waals surface area contributed by atoms with E-state index in [1.54, 1.807) is 0 Å². The molecule has 242 valence electrons. The molecule has 0 aromatic rings. The molecule has 3 nitrogen and oxygen atoms in total. The molecule has 0 saturated heterocycles. The predicted octanol–water partition coefficient (Wildman–Crippen LogP) is 12.4. The Labute approximate surface area is 253 Å². The van der Waals surface area contributed by atoms with E-state index in [1.807, 2.05) is 0 Å². The molecule has 0 amide bonds. The minimum absolute atomic E-state index is 0.695. The lowest BCUT2D eigenvalue weighted by Crippen LogP contribution is -2.10. The molecule has 0 radical (unpaired) electrons. The monoisotopic (exact) mass is 569 g/mol. The summed E-state index contributed by atoms with van der Waals surface area (Å²) in [5, 5.41) is 0. The summed E-state index contributed by atoms with van der Waals surface area (Å²) in [6.07, 6.45) is 40.7. The van der Waals surface area contributed by atoms with Crippen LogP contribution in [0.25, 0.3) is 0 Å². The van der Waals surface area contributed by atoms with Crippen LogP contribution in [0.2, 0.25) is 0 Å². The van der Waals surface area contributed by atoms with Gasteiger partial charge in [-0.1, -0.05) is 187 Å². The molecule has 0 atom stereocenters. The van der Waals surface area contributed by atoms with E-state index in [1.165, 1.54) is 186 Å². The SMILES string of the molecule is CCCCCCCCCCCCCCCCCCOCCOCCOCCCCCCCCCCCCCCC. The lowest BCUT2D eigenvalue weighted by molar-refractivity contribution is 0.0132. The molecule has 0 aliphatic carbocycles. The smallest absolute Gasteiger partial charge is 0.0701 e. The minimum atomic E-state index is 0.695. The van der Waals surface area contributed by atoms with Gasteiger partial charge in [0.2, 0.25) is 0 Å². The molecule has 0 fully saturated rings. The van der Waals surface area contributed by atoms with Gasteiger partial charge in [0.05, 0.1) is 26.4 Å².